The molecule has 4 aromatic carbocycles. The third-order valence-electron chi connectivity index (χ3n) is 2.40. The minimum absolute atomic E-state index is 0. The van der Waals surface area contributed by atoms with Gasteiger partial charge in [0.2, 0.25) is 0 Å². The van der Waals surface area contributed by atoms with E-state index in [1.165, 1.54) is 56.0 Å². The first kappa shape index (κ1) is 26.4. The second-order valence-corrected chi connectivity index (χ2v) is 8.23. The molecule has 4 radical (unpaired) electrons. The first-order valence-corrected chi connectivity index (χ1v) is 10.4. The first-order chi connectivity index (χ1) is 10.8. The molecule has 0 aliphatic heterocycles. The van der Waals surface area contributed by atoms with Crippen molar-refractivity contribution in [1.29, 1.82) is 0 Å². The molecule has 4 aromatic rings. The van der Waals surface area contributed by atoms with Crippen molar-refractivity contribution in [2.75, 3.05) is 0 Å². The summed E-state index contributed by atoms with van der Waals surface area (Å²) in [5.74, 6) is 0. The zero-order valence-electron chi connectivity index (χ0n) is 13.0. The van der Waals surface area contributed by atoms with Crippen molar-refractivity contribution in [2.45, 2.75) is 0 Å². The molecule has 0 saturated carbocycles. The largest absolute Gasteiger partial charge is 2.00 e. The summed E-state index contributed by atoms with van der Waals surface area (Å²) in [5.41, 5.74) is 0. The van der Waals surface area contributed by atoms with Crippen LogP contribution in [-0.2, 0) is 34.1 Å². The van der Waals surface area contributed by atoms with Gasteiger partial charge >= 0.3 is 139 Å². The Labute approximate surface area is 197 Å². The third kappa shape index (κ3) is 17.0. The molecule has 0 bridgehead atoms. The Kier molecular flexibility index (Phi) is 21.5. The van der Waals surface area contributed by atoms with E-state index < -0.39 is 0 Å². The summed E-state index contributed by atoms with van der Waals surface area (Å²) in [6.45, 7) is 0. The molecular weight excluding hydrogens is 770 g/mol. The van der Waals surface area contributed by atoms with Gasteiger partial charge in [-0.05, 0) is 0 Å². The smallest absolute Gasteiger partial charge is 0.214 e. The molecule has 0 aromatic heterocycles. The van der Waals surface area contributed by atoms with Crippen LogP contribution in [0, 0.1) is 0 Å². The number of rotatable bonds is 0. The molecule has 0 amide bonds. The molecule has 0 saturated heterocycles. The maximum absolute atomic E-state index is 2.13. The molecular formula is C20H18Bi2Fe2. The van der Waals surface area contributed by atoms with Crippen LogP contribution in [0.25, 0.3) is 0 Å². The summed E-state index contributed by atoms with van der Waals surface area (Å²) in [7, 11) is 0. The molecule has 0 fully saturated rings. The molecule has 4 rings (SSSR count). The SMILES string of the molecule is [Bi][c-]1cccc1.[Bi][c-]1cccc1.[Fe+2].[Fe+2].c1cc[cH-]c1.c1cc[cH-]c1. The molecule has 0 spiro atoms. The van der Waals surface area contributed by atoms with Gasteiger partial charge in [0.25, 0.3) is 0 Å². The fraction of sp³-hybridized carbons (Fsp3) is 0. The molecule has 0 aliphatic carbocycles. The second-order valence-electron chi connectivity index (χ2n) is 4.21. The van der Waals surface area contributed by atoms with E-state index in [0.29, 0.717) is 0 Å². The van der Waals surface area contributed by atoms with Crippen LogP contribution in [0.15, 0.2) is 109 Å². The van der Waals surface area contributed by atoms with Gasteiger partial charge in [0.05, 0.1) is 0 Å². The van der Waals surface area contributed by atoms with Crippen molar-refractivity contribution in [3.05, 3.63) is 109 Å². The van der Waals surface area contributed by atoms with Crippen molar-refractivity contribution in [2.24, 2.45) is 0 Å². The summed E-state index contributed by atoms with van der Waals surface area (Å²) in [4.78, 5) is 0. The van der Waals surface area contributed by atoms with Crippen LogP contribution in [0.1, 0.15) is 0 Å². The second kappa shape index (κ2) is 19.5. The number of hydrogen-bond donors (Lipinski definition) is 0. The summed E-state index contributed by atoms with van der Waals surface area (Å²) in [5, 5.41) is 0. The summed E-state index contributed by atoms with van der Waals surface area (Å²) in [6.07, 6.45) is 0. The van der Waals surface area contributed by atoms with Gasteiger partial charge in [0.15, 0.2) is 0 Å². The molecule has 0 nitrogen and oxygen atoms in total. The molecule has 4 heteroatoms. The molecule has 24 heavy (non-hydrogen) atoms. The standard InChI is InChI=1S/2C5H5.2C5H4.2Bi.2Fe/c4*1-2-4-5-3-1;;;;/h2*1-5H;2*1-4H;;;;/q4*-1;;;2*+2. The quantitative estimate of drug-likeness (QED) is 0.190. The zero-order valence-corrected chi connectivity index (χ0v) is 22.2. The maximum atomic E-state index is 2.13. The van der Waals surface area contributed by atoms with Crippen LogP contribution in [-0.4, -0.2) is 49.4 Å². The van der Waals surface area contributed by atoms with Crippen molar-refractivity contribution in [1.82, 2.24) is 0 Å². The average molecular weight is 788 g/mol. The van der Waals surface area contributed by atoms with Crippen LogP contribution in [0.4, 0.5) is 0 Å². The van der Waals surface area contributed by atoms with E-state index in [1.54, 1.807) is 0 Å². The minimum Gasteiger partial charge on any atom is -0.214 e. The predicted octanol–water partition coefficient (Wildman–Crippen LogP) is 3.20. The molecule has 0 N–H and O–H groups in total. The Morgan fingerprint density at radius 3 is 0.792 bits per heavy atom. The van der Waals surface area contributed by atoms with Gasteiger partial charge in [-0.1, -0.05) is 0 Å². The van der Waals surface area contributed by atoms with Crippen LogP contribution < -0.4 is 6.54 Å². The van der Waals surface area contributed by atoms with E-state index in [1.807, 2.05) is 60.7 Å². The minimum atomic E-state index is 0. The molecule has 0 unspecified atom stereocenters. The zero-order chi connectivity index (χ0) is 15.9. The summed E-state index contributed by atoms with van der Waals surface area (Å²) >= 11 is 2.75. The van der Waals surface area contributed by atoms with Crippen LogP contribution in [0.2, 0.25) is 0 Å². The topological polar surface area (TPSA) is 0 Å². The van der Waals surface area contributed by atoms with Crippen LogP contribution in [0.5, 0.6) is 0 Å². The van der Waals surface area contributed by atoms with Gasteiger partial charge < -0.3 is 0 Å². The fourth-order valence-electron chi connectivity index (χ4n) is 1.37. The summed E-state index contributed by atoms with van der Waals surface area (Å²) < 4.78 is 2.91. The Balaban J connectivity index is 0. The fourth-order valence-corrected chi connectivity index (χ4v) is 2.71. The van der Waals surface area contributed by atoms with E-state index in [2.05, 4.69) is 48.5 Å². The van der Waals surface area contributed by atoms with Gasteiger partial charge in [-0.15, -0.1) is 0 Å². The first-order valence-electron chi connectivity index (χ1n) is 6.94. The van der Waals surface area contributed by atoms with E-state index >= 15 is 0 Å². The normalized spacial score (nSPS) is 7.75. The Morgan fingerprint density at radius 2 is 0.708 bits per heavy atom. The van der Waals surface area contributed by atoms with Crippen LogP contribution in [0.3, 0.4) is 0 Å². The van der Waals surface area contributed by atoms with Gasteiger partial charge in [0.1, 0.15) is 0 Å². The molecule has 124 valence electrons. The number of hydrogen-bond acceptors (Lipinski definition) is 0. The Hall–Kier alpha value is 0.205. The predicted molar refractivity (Wildman–Crippen MR) is 98.9 cm³/mol. The molecule has 0 heterocycles. The third-order valence-corrected chi connectivity index (χ3v) is 4.72. The van der Waals surface area contributed by atoms with E-state index in [0.717, 1.165) is 0 Å². The monoisotopic (exact) mass is 788 g/mol. The van der Waals surface area contributed by atoms with E-state index in [9.17, 15) is 0 Å². The van der Waals surface area contributed by atoms with Crippen molar-refractivity contribution in [3.63, 3.8) is 0 Å². The van der Waals surface area contributed by atoms with Gasteiger partial charge in [-0.2, -0.15) is 36.4 Å². The van der Waals surface area contributed by atoms with Crippen molar-refractivity contribution < 1.29 is 34.1 Å². The molecule has 0 atom stereocenters. The van der Waals surface area contributed by atoms with E-state index in [4.69, 9.17) is 0 Å². The van der Waals surface area contributed by atoms with Crippen molar-refractivity contribution >= 4 is 56.0 Å². The average Bonchev–Trinajstić information content (AvgIpc) is 3.32. The molecule has 0 aliphatic rings. The van der Waals surface area contributed by atoms with E-state index in [-0.39, 0.29) is 34.1 Å². The van der Waals surface area contributed by atoms with Gasteiger partial charge in [0, 0.05) is 0 Å². The summed E-state index contributed by atoms with van der Waals surface area (Å²) in [6, 6.07) is 36.8. The van der Waals surface area contributed by atoms with Crippen molar-refractivity contribution in [3.8, 4) is 0 Å². The maximum Gasteiger partial charge on any atom is 2.00 e. The van der Waals surface area contributed by atoms with Crippen LogP contribution >= 0.6 is 0 Å². The van der Waals surface area contributed by atoms with Gasteiger partial charge in [-0.25, -0.2) is 24.3 Å². The Bertz CT molecular complexity index is 514. The Morgan fingerprint density at radius 1 is 0.458 bits per heavy atom. The van der Waals surface area contributed by atoms with Gasteiger partial charge in [-0.3, -0.25) is 0 Å².